The predicted octanol–water partition coefficient (Wildman–Crippen LogP) is 9.12. The van der Waals surface area contributed by atoms with Crippen LogP contribution in [-0.4, -0.2) is 104 Å². The maximum Gasteiger partial charge on any atom is 0.315 e. The van der Waals surface area contributed by atoms with Crippen LogP contribution in [0.3, 0.4) is 0 Å². The SMILES string of the molecule is CCCCCC[Si](C)(C)O[Si](C)(CCCOCC(C)OC)O[Si](C)(C)O[Si](C)(C)O[Si](C)(CCCOCC(C)OC)O[Si](C)(C)C. The Labute approximate surface area is 291 Å². The summed E-state index contributed by atoms with van der Waals surface area (Å²) in [6.07, 6.45) is 6.96. The molecule has 0 amide bonds. The van der Waals surface area contributed by atoms with Crippen LogP contribution < -0.4 is 0 Å². The van der Waals surface area contributed by atoms with Crippen LogP contribution >= 0.6 is 0 Å². The molecule has 15 heteroatoms. The van der Waals surface area contributed by atoms with E-state index in [2.05, 4.69) is 78.9 Å². The van der Waals surface area contributed by atoms with Gasteiger partial charge in [-0.2, -0.15) is 0 Å². The fraction of sp³-hybridized carbons (Fsp3) is 1.00. The molecule has 0 fully saturated rings. The molecule has 0 aliphatic carbocycles. The van der Waals surface area contributed by atoms with E-state index in [0.717, 1.165) is 31.0 Å². The van der Waals surface area contributed by atoms with Crippen molar-refractivity contribution in [2.24, 2.45) is 0 Å². The molecule has 0 saturated carbocycles. The molecule has 0 aliphatic rings. The van der Waals surface area contributed by atoms with Gasteiger partial charge >= 0.3 is 34.2 Å². The third-order valence-electron chi connectivity index (χ3n) is 7.41. The summed E-state index contributed by atoms with van der Waals surface area (Å²) in [5, 5.41) is 0. The highest BCUT2D eigenvalue weighted by Gasteiger charge is 2.49. The van der Waals surface area contributed by atoms with E-state index in [0.29, 0.717) is 26.4 Å². The van der Waals surface area contributed by atoms with Gasteiger partial charge in [-0.3, -0.25) is 0 Å². The molecule has 0 rings (SSSR count). The standard InChI is InChI=1S/C31H76O9Si6/c1-17-18-19-20-25-42(9,10)37-46(16,27-22-24-35-29-31(3)33-5)40-44(13,14)38-43(11,12)39-45(15,36-41(6,7)8)26-21-23-34-28-30(2)32-4/h30-31H,17-29H2,1-16H3. The van der Waals surface area contributed by atoms with Crippen molar-refractivity contribution in [2.45, 2.75) is 162 Å². The fourth-order valence-corrected chi connectivity index (χ4v) is 35.6. The van der Waals surface area contributed by atoms with Crippen LogP contribution in [0, 0.1) is 0 Å². The lowest BCUT2D eigenvalue weighted by molar-refractivity contribution is 0.0185. The summed E-state index contributed by atoms with van der Waals surface area (Å²) in [6.45, 7) is 33.3. The van der Waals surface area contributed by atoms with Crippen LogP contribution in [0.2, 0.25) is 90.1 Å². The van der Waals surface area contributed by atoms with E-state index in [1.54, 1.807) is 14.2 Å². The van der Waals surface area contributed by atoms with Crippen molar-refractivity contribution in [1.82, 2.24) is 0 Å². The van der Waals surface area contributed by atoms with Gasteiger partial charge in [0.05, 0.1) is 25.4 Å². The smallest absolute Gasteiger partial charge is 0.315 e. The van der Waals surface area contributed by atoms with E-state index < -0.39 is 50.9 Å². The fourth-order valence-electron chi connectivity index (χ4n) is 5.81. The number of rotatable bonds is 29. The summed E-state index contributed by atoms with van der Waals surface area (Å²) >= 11 is 0. The molecule has 0 aromatic heterocycles. The van der Waals surface area contributed by atoms with Crippen molar-refractivity contribution in [3.05, 3.63) is 0 Å². The molecule has 0 radical (unpaired) electrons. The monoisotopic (exact) mass is 760 g/mol. The zero-order valence-electron chi connectivity index (χ0n) is 33.0. The summed E-state index contributed by atoms with van der Waals surface area (Å²) in [5.74, 6) is 0. The Morgan fingerprint density at radius 3 is 1.30 bits per heavy atom. The molecule has 4 unspecified atom stereocenters. The molecular formula is C31H76O9Si6. The molecule has 46 heavy (non-hydrogen) atoms. The van der Waals surface area contributed by atoms with Gasteiger partial charge in [0.15, 0.2) is 16.6 Å². The van der Waals surface area contributed by atoms with Crippen molar-refractivity contribution >= 4 is 50.9 Å². The van der Waals surface area contributed by atoms with E-state index in [-0.39, 0.29) is 12.2 Å². The molecule has 0 saturated heterocycles. The normalized spacial score (nSPS) is 17.5. The minimum absolute atomic E-state index is 0.0866. The summed E-state index contributed by atoms with van der Waals surface area (Å²) in [5.41, 5.74) is 0. The summed E-state index contributed by atoms with van der Waals surface area (Å²) in [7, 11) is -10.8. The summed E-state index contributed by atoms with van der Waals surface area (Å²) < 4.78 is 57.5. The lowest BCUT2D eigenvalue weighted by Gasteiger charge is -2.44. The van der Waals surface area contributed by atoms with Gasteiger partial charge in [0.25, 0.3) is 0 Å². The largest absolute Gasteiger partial charge is 0.437 e. The van der Waals surface area contributed by atoms with Gasteiger partial charge in [0.1, 0.15) is 0 Å². The molecule has 4 atom stereocenters. The lowest BCUT2D eigenvalue weighted by Crippen LogP contribution is -2.61. The summed E-state index contributed by atoms with van der Waals surface area (Å²) in [4.78, 5) is 0. The van der Waals surface area contributed by atoms with Gasteiger partial charge < -0.3 is 39.5 Å². The van der Waals surface area contributed by atoms with Crippen LogP contribution in [0.25, 0.3) is 0 Å². The Hall–Kier alpha value is 0.941. The van der Waals surface area contributed by atoms with Crippen LogP contribution in [-0.2, 0) is 39.5 Å². The van der Waals surface area contributed by atoms with E-state index in [1.165, 1.54) is 25.7 Å². The third-order valence-corrected chi connectivity index (χ3v) is 30.9. The van der Waals surface area contributed by atoms with Crippen LogP contribution in [0.4, 0.5) is 0 Å². The quantitative estimate of drug-likeness (QED) is 0.0548. The molecule has 0 aromatic carbocycles. The van der Waals surface area contributed by atoms with Gasteiger partial charge in [-0.15, -0.1) is 0 Å². The predicted molar refractivity (Wildman–Crippen MR) is 207 cm³/mol. The Morgan fingerprint density at radius 2 is 0.913 bits per heavy atom. The molecule has 278 valence electrons. The first-order chi connectivity index (χ1) is 21.0. The van der Waals surface area contributed by atoms with Crippen molar-refractivity contribution in [3.63, 3.8) is 0 Å². The topological polar surface area (TPSA) is 83.1 Å². The molecule has 0 spiro atoms. The molecule has 0 bridgehead atoms. The number of unbranched alkanes of at least 4 members (excludes halogenated alkanes) is 3. The molecule has 0 N–H and O–H groups in total. The van der Waals surface area contributed by atoms with Gasteiger partial charge in [-0.25, -0.2) is 0 Å². The van der Waals surface area contributed by atoms with E-state index in [4.69, 9.17) is 39.5 Å². The van der Waals surface area contributed by atoms with Crippen molar-refractivity contribution < 1.29 is 39.5 Å². The number of hydrogen-bond donors (Lipinski definition) is 0. The second kappa shape index (κ2) is 22.0. The third kappa shape index (κ3) is 24.2. The minimum atomic E-state index is -2.65. The lowest BCUT2D eigenvalue weighted by atomic mass is 10.2. The summed E-state index contributed by atoms with van der Waals surface area (Å²) in [6, 6.07) is 2.88. The second-order valence-electron chi connectivity index (χ2n) is 15.7. The molecule has 9 nitrogen and oxygen atoms in total. The molecule has 0 aromatic rings. The highest BCUT2D eigenvalue weighted by atomic mass is 28.5. The maximum atomic E-state index is 7.14. The molecule has 0 aliphatic heterocycles. The van der Waals surface area contributed by atoms with Crippen molar-refractivity contribution in [1.29, 1.82) is 0 Å². The van der Waals surface area contributed by atoms with Crippen LogP contribution in [0.5, 0.6) is 0 Å². The van der Waals surface area contributed by atoms with E-state index in [9.17, 15) is 0 Å². The van der Waals surface area contributed by atoms with Gasteiger partial charge in [0.2, 0.25) is 0 Å². The zero-order valence-corrected chi connectivity index (χ0v) is 39.0. The number of ether oxygens (including phenoxy) is 4. The Balaban J connectivity index is 5.72. The average molecular weight is 761 g/mol. The number of methoxy groups -OCH3 is 2. The number of hydrogen-bond acceptors (Lipinski definition) is 9. The van der Waals surface area contributed by atoms with Gasteiger partial charge in [-0.1, -0.05) is 32.6 Å². The highest BCUT2D eigenvalue weighted by molar-refractivity contribution is 6.91. The Bertz CT molecular complexity index is 803. The van der Waals surface area contributed by atoms with Crippen molar-refractivity contribution in [2.75, 3.05) is 40.6 Å². The van der Waals surface area contributed by atoms with Crippen LogP contribution in [0.1, 0.15) is 59.3 Å². The van der Waals surface area contributed by atoms with Gasteiger partial charge in [-0.05, 0) is 117 Å². The van der Waals surface area contributed by atoms with E-state index >= 15 is 0 Å². The second-order valence-corrected chi connectivity index (χ2v) is 39.2. The Morgan fingerprint density at radius 1 is 0.478 bits per heavy atom. The first-order valence-electron chi connectivity index (χ1n) is 17.7. The first-order valence-corrected chi connectivity index (χ1v) is 34.9. The Kier molecular flexibility index (Phi) is 22.5. The van der Waals surface area contributed by atoms with Crippen molar-refractivity contribution in [3.8, 4) is 0 Å². The zero-order chi connectivity index (χ0) is 35.7. The molecule has 0 heterocycles. The van der Waals surface area contributed by atoms with Gasteiger partial charge in [0, 0.05) is 27.4 Å². The highest BCUT2D eigenvalue weighted by Crippen LogP contribution is 2.32. The maximum absolute atomic E-state index is 7.14. The average Bonchev–Trinajstić information content (AvgIpc) is 2.87. The van der Waals surface area contributed by atoms with Crippen LogP contribution in [0.15, 0.2) is 0 Å². The van der Waals surface area contributed by atoms with E-state index in [1.807, 2.05) is 13.8 Å². The molecular weight excluding hydrogens is 685 g/mol. The minimum Gasteiger partial charge on any atom is -0.437 e. The first kappa shape index (κ1) is 46.9.